The summed E-state index contributed by atoms with van der Waals surface area (Å²) in [5.74, 6) is -0.332. The Morgan fingerprint density at radius 3 is 2.87 bits per heavy atom. The van der Waals surface area contributed by atoms with E-state index in [4.69, 9.17) is 5.73 Å². The van der Waals surface area contributed by atoms with E-state index in [2.05, 4.69) is 15.0 Å². The van der Waals surface area contributed by atoms with Gasteiger partial charge in [0.05, 0.1) is 11.0 Å². The van der Waals surface area contributed by atoms with Crippen LogP contribution in [-0.4, -0.2) is 24.0 Å². The zero-order valence-corrected chi connectivity index (χ0v) is 13.3. The molecule has 0 saturated heterocycles. The van der Waals surface area contributed by atoms with Crippen LogP contribution >= 0.6 is 11.3 Å². The van der Waals surface area contributed by atoms with Crippen LogP contribution in [0.4, 0.5) is 8.78 Å². The lowest BCUT2D eigenvalue weighted by molar-refractivity contribution is -0.0506. The van der Waals surface area contributed by atoms with Crippen LogP contribution in [0.15, 0.2) is 29.6 Å². The van der Waals surface area contributed by atoms with Crippen molar-refractivity contribution in [1.82, 2.24) is 10.3 Å². The van der Waals surface area contributed by atoms with Gasteiger partial charge < -0.3 is 15.8 Å². The number of ether oxygens (including phenoxy) is 1. The molecule has 5 nitrogen and oxygen atoms in total. The molecular formula is C15H17F2N3O2S. The van der Waals surface area contributed by atoms with E-state index in [0.717, 1.165) is 5.01 Å². The number of alkyl halides is 2. The van der Waals surface area contributed by atoms with E-state index in [-0.39, 0.29) is 17.4 Å². The molecule has 0 radical (unpaired) electrons. The second-order valence-electron chi connectivity index (χ2n) is 4.78. The van der Waals surface area contributed by atoms with Crippen LogP contribution in [0, 0.1) is 0 Å². The van der Waals surface area contributed by atoms with Gasteiger partial charge >= 0.3 is 6.61 Å². The largest absolute Gasteiger partial charge is 0.434 e. The highest BCUT2D eigenvalue weighted by Crippen LogP contribution is 2.26. The van der Waals surface area contributed by atoms with Gasteiger partial charge in [-0.15, -0.1) is 11.3 Å². The zero-order valence-electron chi connectivity index (χ0n) is 12.5. The number of nitrogens with zero attached hydrogens (tertiary/aromatic N) is 1. The van der Waals surface area contributed by atoms with Crippen LogP contribution in [0.2, 0.25) is 0 Å². The molecule has 1 atom stereocenters. The Bertz CT molecular complexity index is 664. The third kappa shape index (κ3) is 4.70. The number of thiazole rings is 1. The minimum Gasteiger partial charge on any atom is -0.434 e. The van der Waals surface area contributed by atoms with Crippen molar-refractivity contribution in [1.29, 1.82) is 0 Å². The minimum atomic E-state index is -2.92. The summed E-state index contributed by atoms with van der Waals surface area (Å²) in [5.41, 5.74) is 6.21. The van der Waals surface area contributed by atoms with Gasteiger partial charge in [-0.05, 0) is 19.5 Å². The number of carbonyl (C=O) groups excluding carboxylic acids is 1. The van der Waals surface area contributed by atoms with Crippen LogP contribution in [0.25, 0.3) is 0 Å². The van der Waals surface area contributed by atoms with E-state index < -0.39 is 12.7 Å². The fourth-order valence-electron chi connectivity index (χ4n) is 2.04. The number of hydrogen-bond donors (Lipinski definition) is 2. The molecule has 1 amide bonds. The standard InChI is InChI=1S/C15H17F2N3O2S/c1-9(10-4-2-3-5-12(10)22-15(16)17)19-14(21)11-8-23-13(20-11)6-7-18/h2-5,8-9,15H,6-7,18H2,1H3,(H,19,21). The number of nitrogens with two attached hydrogens (primary N) is 1. The van der Waals surface area contributed by atoms with Gasteiger partial charge in [-0.25, -0.2) is 4.98 Å². The predicted octanol–water partition coefficient (Wildman–Crippen LogP) is 2.74. The molecule has 0 saturated carbocycles. The van der Waals surface area contributed by atoms with Gasteiger partial charge in [0, 0.05) is 17.4 Å². The topological polar surface area (TPSA) is 77.2 Å². The summed E-state index contributed by atoms with van der Waals surface area (Å²) in [4.78, 5) is 16.4. The molecule has 2 aromatic rings. The van der Waals surface area contributed by atoms with Gasteiger partial charge in [0.2, 0.25) is 0 Å². The molecule has 0 aliphatic carbocycles. The van der Waals surface area contributed by atoms with Crippen molar-refractivity contribution in [2.45, 2.75) is 26.0 Å². The Hall–Kier alpha value is -2.06. The van der Waals surface area contributed by atoms with Crippen LogP contribution in [0.5, 0.6) is 5.75 Å². The Morgan fingerprint density at radius 1 is 1.43 bits per heavy atom. The van der Waals surface area contributed by atoms with Crippen molar-refractivity contribution < 1.29 is 18.3 Å². The average molecular weight is 341 g/mol. The summed E-state index contributed by atoms with van der Waals surface area (Å²) in [6, 6.07) is 5.85. The molecule has 0 aliphatic rings. The highest BCUT2D eigenvalue weighted by molar-refractivity contribution is 7.09. The second-order valence-corrected chi connectivity index (χ2v) is 5.72. The van der Waals surface area contributed by atoms with Crippen molar-refractivity contribution in [3.05, 3.63) is 45.9 Å². The summed E-state index contributed by atoms with van der Waals surface area (Å²) in [7, 11) is 0. The Morgan fingerprint density at radius 2 is 2.17 bits per heavy atom. The van der Waals surface area contributed by atoms with Crippen molar-refractivity contribution in [2.75, 3.05) is 6.54 Å². The van der Waals surface area contributed by atoms with Crippen molar-refractivity contribution in [2.24, 2.45) is 5.73 Å². The first-order valence-corrected chi connectivity index (χ1v) is 7.88. The average Bonchev–Trinajstić information content (AvgIpc) is 2.96. The zero-order chi connectivity index (χ0) is 16.8. The first-order valence-electron chi connectivity index (χ1n) is 7.00. The lowest BCUT2D eigenvalue weighted by atomic mass is 10.1. The van der Waals surface area contributed by atoms with E-state index >= 15 is 0 Å². The number of halogens is 2. The number of para-hydroxylation sites is 1. The molecule has 1 aromatic heterocycles. The predicted molar refractivity (Wildman–Crippen MR) is 83.8 cm³/mol. The molecule has 1 unspecified atom stereocenters. The molecule has 0 aliphatic heterocycles. The molecule has 3 N–H and O–H groups in total. The number of amides is 1. The Labute approximate surface area is 136 Å². The van der Waals surface area contributed by atoms with E-state index in [9.17, 15) is 13.6 Å². The van der Waals surface area contributed by atoms with Gasteiger partial charge in [-0.3, -0.25) is 4.79 Å². The molecule has 23 heavy (non-hydrogen) atoms. The number of hydrogen-bond acceptors (Lipinski definition) is 5. The van der Waals surface area contributed by atoms with Crippen molar-refractivity contribution in [3.63, 3.8) is 0 Å². The summed E-state index contributed by atoms with van der Waals surface area (Å²) in [6.07, 6.45) is 0.610. The SMILES string of the molecule is CC(NC(=O)c1csc(CCN)n1)c1ccccc1OC(F)F. The number of nitrogens with one attached hydrogen (secondary N) is 1. The molecule has 0 spiro atoms. The minimum absolute atomic E-state index is 0.0393. The van der Waals surface area contributed by atoms with Gasteiger partial charge in [0.25, 0.3) is 5.91 Å². The normalized spacial score (nSPS) is 12.2. The molecule has 0 fully saturated rings. The third-order valence-corrected chi connectivity index (χ3v) is 4.00. The molecule has 2 rings (SSSR count). The summed E-state index contributed by atoms with van der Waals surface area (Å²) >= 11 is 1.36. The van der Waals surface area contributed by atoms with Gasteiger partial charge in [-0.2, -0.15) is 8.78 Å². The lowest BCUT2D eigenvalue weighted by Crippen LogP contribution is -2.27. The number of benzene rings is 1. The maximum Gasteiger partial charge on any atom is 0.387 e. The number of rotatable bonds is 7. The van der Waals surface area contributed by atoms with E-state index in [0.29, 0.717) is 18.5 Å². The maximum atomic E-state index is 12.4. The Kier molecular flexibility index (Phi) is 6.00. The molecule has 1 aromatic carbocycles. The molecule has 0 bridgehead atoms. The van der Waals surface area contributed by atoms with E-state index in [1.165, 1.54) is 17.4 Å². The maximum absolute atomic E-state index is 12.4. The fourth-order valence-corrected chi connectivity index (χ4v) is 2.84. The first-order chi connectivity index (χ1) is 11.0. The van der Waals surface area contributed by atoms with Gasteiger partial charge in [-0.1, -0.05) is 18.2 Å². The monoisotopic (exact) mass is 341 g/mol. The lowest BCUT2D eigenvalue weighted by Gasteiger charge is -2.17. The summed E-state index contributed by atoms with van der Waals surface area (Å²) < 4.78 is 29.4. The fraction of sp³-hybridized carbons (Fsp3) is 0.333. The molecular weight excluding hydrogens is 324 g/mol. The van der Waals surface area contributed by atoms with Crippen molar-refractivity contribution in [3.8, 4) is 5.75 Å². The van der Waals surface area contributed by atoms with Crippen LogP contribution in [-0.2, 0) is 6.42 Å². The highest BCUT2D eigenvalue weighted by Gasteiger charge is 2.18. The second kappa shape index (κ2) is 7.98. The number of carbonyl (C=O) groups is 1. The summed E-state index contributed by atoms with van der Waals surface area (Å²) in [5, 5.41) is 5.16. The quantitative estimate of drug-likeness (QED) is 0.812. The molecule has 8 heteroatoms. The van der Waals surface area contributed by atoms with Crippen molar-refractivity contribution >= 4 is 17.2 Å². The first kappa shape index (κ1) is 17.3. The Balaban J connectivity index is 2.08. The van der Waals surface area contributed by atoms with Crippen LogP contribution < -0.4 is 15.8 Å². The van der Waals surface area contributed by atoms with E-state index in [1.54, 1.807) is 30.5 Å². The van der Waals surface area contributed by atoms with Crippen LogP contribution in [0.1, 0.15) is 34.0 Å². The third-order valence-electron chi connectivity index (χ3n) is 3.09. The number of aromatic nitrogens is 1. The van der Waals surface area contributed by atoms with Gasteiger partial charge in [0.15, 0.2) is 0 Å². The van der Waals surface area contributed by atoms with E-state index in [1.807, 2.05) is 0 Å². The molecule has 124 valence electrons. The highest BCUT2D eigenvalue weighted by atomic mass is 32.1. The smallest absolute Gasteiger partial charge is 0.387 e. The summed E-state index contributed by atoms with van der Waals surface area (Å²) in [6.45, 7) is -0.765. The van der Waals surface area contributed by atoms with Gasteiger partial charge in [0.1, 0.15) is 11.4 Å². The van der Waals surface area contributed by atoms with Crippen LogP contribution in [0.3, 0.4) is 0 Å². The molecule has 1 heterocycles.